The van der Waals surface area contributed by atoms with Crippen molar-refractivity contribution in [3.8, 4) is 0 Å². The summed E-state index contributed by atoms with van der Waals surface area (Å²) in [6, 6.07) is 8.83. The molecule has 4 aliphatic carbocycles. The Morgan fingerprint density at radius 3 is 1.34 bits per heavy atom. The average Bonchev–Trinajstić information content (AvgIpc) is 3.09. The van der Waals surface area contributed by atoms with Gasteiger partial charge in [0.2, 0.25) is 0 Å². The number of esters is 2. The minimum Gasteiger partial charge on any atom is -0.465 e. The third-order valence-corrected chi connectivity index (χ3v) is 14.7. The van der Waals surface area contributed by atoms with E-state index in [4.69, 9.17) is 9.47 Å². The minimum atomic E-state index is -0.621. The quantitative estimate of drug-likeness (QED) is 0.138. The van der Waals surface area contributed by atoms with E-state index in [9.17, 15) is 19.2 Å². The zero-order valence-electron chi connectivity index (χ0n) is 34.3. The van der Waals surface area contributed by atoms with Crippen LogP contribution in [0, 0.1) is 22.7 Å². The molecule has 0 spiro atoms. The predicted octanol–water partition coefficient (Wildman–Crippen LogP) is 10.5. The molecule has 0 N–H and O–H groups in total. The van der Waals surface area contributed by atoms with Gasteiger partial charge in [-0.2, -0.15) is 0 Å². The van der Waals surface area contributed by atoms with Gasteiger partial charge in [0, 0.05) is 17.5 Å². The largest absolute Gasteiger partial charge is 0.465 e. The van der Waals surface area contributed by atoms with Crippen LogP contribution in [-0.4, -0.2) is 36.7 Å². The van der Waals surface area contributed by atoms with Crippen LogP contribution in [0.2, 0.25) is 0 Å². The molecule has 2 aromatic carbocycles. The molecule has 0 amide bonds. The van der Waals surface area contributed by atoms with Crippen molar-refractivity contribution in [2.75, 3.05) is 13.2 Å². The van der Waals surface area contributed by atoms with Gasteiger partial charge in [-0.25, -0.2) is 0 Å². The van der Waals surface area contributed by atoms with E-state index in [0.29, 0.717) is 6.42 Å². The van der Waals surface area contributed by atoms with Gasteiger partial charge in [0.1, 0.15) is 0 Å². The zero-order chi connectivity index (χ0) is 38.7. The summed E-state index contributed by atoms with van der Waals surface area (Å²) in [7, 11) is 0. The molecule has 2 saturated carbocycles. The number of aryl methyl sites for hydroxylation is 2. The van der Waals surface area contributed by atoms with Crippen LogP contribution in [0.15, 0.2) is 24.3 Å². The highest BCUT2D eigenvalue weighted by Gasteiger charge is 2.57. The highest BCUT2D eigenvalue weighted by molar-refractivity contribution is 5.97. The molecule has 6 unspecified atom stereocenters. The molecule has 6 atom stereocenters. The molecule has 0 radical (unpaired) electrons. The van der Waals surface area contributed by atoms with E-state index >= 15 is 0 Å². The van der Waals surface area contributed by atoms with Gasteiger partial charge in [0.05, 0.1) is 24.0 Å². The molecule has 6 nitrogen and oxygen atoms in total. The van der Waals surface area contributed by atoms with Crippen LogP contribution in [0.3, 0.4) is 0 Å². The average molecular weight is 725 g/mol. The van der Waals surface area contributed by atoms with Gasteiger partial charge in [-0.15, -0.1) is 0 Å². The zero-order valence-corrected chi connectivity index (χ0v) is 34.3. The summed E-state index contributed by atoms with van der Waals surface area (Å²) in [6.07, 6.45) is 9.49. The van der Waals surface area contributed by atoms with E-state index in [-0.39, 0.29) is 71.2 Å². The SMILES string of the molecule is CC(=O)c1cc2c(cc1C(C)C)CCC1C(C)(C(=O)OCCCOC(=O)C3(C)CCCC4(C)c5cc(C(C)=O)c(C(C)C)cc5CCC34)CCCC21C. The number of hydrogen-bond donors (Lipinski definition) is 0. The summed E-state index contributed by atoms with van der Waals surface area (Å²) in [6.45, 7) is 21.1. The van der Waals surface area contributed by atoms with Gasteiger partial charge < -0.3 is 9.47 Å². The Balaban J connectivity index is 1.10. The Kier molecular flexibility index (Phi) is 10.7. The van der Waals surface area contributed by atoms with Crippen molar-refractivity contribution in [2.45, 2.75) is 163 Å². The van der Waals surface area contributed by atoms with E-state index < -0.39 is 10.8 Å². The monoisotopic (exact) mass is 724 g/mol. The minimum absolute atomic E-state index is 0.0972. The van der Waals surface area contributed by atoms with Crippen LogP contribution in [0.25, 0.3) is 0 Å². The van der Waals surface area contributed by atoms with E-state index in [0.717, 1.165) is 86.5 Å². The molecule has 4 aliphatic rings. The standard InChI is InChI=1S/C47H64O6/c1-28(2)34-24-32-14-16-40-44(7,38(32)26-36(34)30(5)48)18-11-20-46(40,9)42(50)52-22-13-23-53-43(51)47(10)21-12-19-45(8)39-27-37(31(6)49)35(29(3)4)25-33(39)15-17-41(45)47/h24-29,40-41H,11-23H2,1-10H3. The van der Waals surface area contributed by atoms with E-state index in [1.807, 2.05) is 0 Å². The maximum atomic E-state index is 14.0. The van der Waals surface area contributed by atoms with E-state index in [1.54, 1.807) is 13.8 Å². The summed E-state index contributed by atoms with van der Waals surface area (Å²) in [5.74, 6) is 0.662. The van der Waals surface area contributed by atoms with Crippen molar-refractivity contribution in [3.63, 3.8) is 0 Å². The molecule has 53 heavy (non-hydrogen) atoms. The molecule has 0 saturated heterocycles. The Hall–Kier alpha value is -3.28. The summed E-state index contributed by atoms with van der Waals surface area (Å²) >= 11 is 0. The van der Waals surface area contributed by atoms with Gasteiger partial charge in [0.15, 0.2) is 11.6 Å². The summed E-state index contributed by atoms with van der Waals surface area (Å²) < 4.78 is 12.0. The fraction of sp³-hybridized carbons (Fsp3) is 0.660. The molecule has 0 aromatic heterocycles. The van der Waals surface area contributed by atoms with Crippen molar-refractivity contribution < 1.29 is 28.7 Å². The first kappa shape index (κ1) is 39.4. The maximum absolute atomic E-state index is 14.0. The lowest BCUT2D eigenvalue weighted by Crippen LogP contribution is -2.53. The first-order valence-electron chi connectivity index (χ1n) is 20.6. The maximum Gasteiger partial charge on any atom is 0.312 e. The molecule has 6 heteroatoms. The number of rotatable bonds is 10. The molecule has 6 rings (SSSR count). The molecular formula is C47H64O6. The van der Waals surface area contributed by atoms with Crippen LogP contribution in [-0.2, 0) is 42.7 Å². The van der Waals surface area contributed by atoms with Gasteiger partial charge in [-0.05, 0) is 159 Å². The number of benzene rings is 2. The van der Waals surface area contributed by atoms with Crippen molar-refractivity contribution in [1.29, 1.82) is 0 Å². The van der Waals surface area contributed by atoms with Crippen LogP contribution < -0.4 is 0 Å². The normalized spacial score (nSPS) is 30.5. The van der Waals surface area contributed by atoms with Gasteiger partial charge in [0.25, 0.3) is 0 Å². The van der Waals surface area contributed by atoms with Gasteiger partial charge in [-0.3, -0.25) is 19.2 Å². The van der Waals surface area contributed by atoms with Gasteiger partial charge >= 0.3 is 11.9 Å². The predicted molar refractivity (Wildman–Crippen MR) is 210 cm³/mol. The first-order valence-corrected chi connectivity index (χ1v) is 20.6. The van der Waals surface area contributed by atoms with Crippen molar-refractivity contribution in [2.24, 2.45) is 22.7 Å². The molecule has 0 bridgehead atoms. The van der Waals surface area contributed by atoms with Crippen LogP contribution >= 0.6 is 0 Å². The van der Waals surface area contributed by atoms with Crippen LogP contribution in [0.5, 0.6) is 0 Å². The van der Waals surface area contributed by atoms with Gasteiger partial charge in [-0.1, -0.05) is 66.5 Å². The number of hydrogen-bond acceptors (Lipinski definition) is 6. The van der Waals surface area contributed by atoms with Crippen molar-refractivity contribution in [1.82, 2.24) is 0 Å². The molecule has 0 aliphatic heterocycles. The van der Waals surface area contributed by atoms with Crippen LogP contribution in [0.1, 0.15) is 193 Å². The fourth-order valence-electron chi connectivity index (χ4n) is 11.8. The molecule has 0 heterocycles. The molecule has 288 valence electrons. The number of fused-ring (bicyclic) bond motifs is 6. The van der Waals surface area contributed by atoms with E-state index in [2.05, 4.69) is 79.7 Å². The number of ether oxygens (including phenoxy) is 2. The summed E-state index contributed by atoms with van der Waals surface area (Å²) in [5.41, 5.74) is 7.33. The second kappa shape index (κ2) is 14.4. The van der Waals surface area contributed by atoms with Crippen molar-refractivity contribution in [3.05, 3.63) is 68.8 Å². The fourth-order valence-corrected chi connectivity index (χ4v) is 11.8. The Morgan fingerprint density at radius 2 is 1.00 bits per heavy atom. The summed E-state index contributed by atoms with van der Waals surface area (Å²) in [4.78, 5) is 53.4. The van der Waals surface area contributed by atoms with E-state index in [1.165, 1.54) is 22.3 Å². The second-order valence-corrected chi connectivity index (χ2v) is 18.8. The highest BCUT2D eigenvalue weighted by Crippen LogP contribution is 2.59. The lowest BCUT2D eigenvalue weighted by Gasteiger charge is -2.54. The Labute approximate surface area is 318 Å². The topological polar surface area (TPSA) is 86.7 Å². The Morgan fingerprint density at radius 1 is 0.623 bits per heavy atom. The number of ketones is 2. The molecular weight excluding hydrogens is 661 g/mol. The van der Waals surface area contributed by atoms with Crippen LogP contribution in [0.4, 0.5) is 0 Å². The molecule has 2 fully saturated rings. The molecule has 2 aromatic rings. The summed E-state index contributed by atoms with van der Waals surface area (Å²) in [5, 5.41) is 0. The third-order valence-electron chi connectivity index (χ3n) is 14.7. The first-order chi connectivity index (χ1) is 24.9. The number of carbonyl (C=O) groups excluding carboxylic acids is 4. The van der Waals surface area contributed by atoms with Crippen molar-refractivity contribution >= 4 is 23.5 Å². The Bertz CT molecular complexity index is 1670. The second-order valence-electron chi connectivity index (χ2n) is 18.8. The lowest BCUT2D eigenvalue weighted by molar-refractivity contribution is -0.167. The number of Topliss-reactive ketones (excluding diaryl/α,β-unsaturated/α-hetero) is 2. The highest BCUT2D eigenvalue weighted by atomic mass is 16.5. The number of carbonyl (C=O) groups is 4. The third kappa shape index (κ3) is 6.62. The lowest BCUT2D eigenvalue weighted by atomic mass is 9.49. The smallest absolute Gasteiger partial charge is 0.312 e.